The molecular formula is C19H28N2O4S. The van der Waals surface area contributed by atoms with Gasteiger partial charge in [-0.1, -0.05) is 39.0 Å². The second-order valence-electron chi connectivity index (χ2n) is 7.74. The number of benzene rings is 1. The fourth-order valence-electron chi connectivity index (χ4n) is 3.02. The van der Waals surface area contributed by atoms with Gasteiger partial charge in [0.15, 0.2) is 9.84 Å². The Labute approximate surface area is 155 Å². The Morgan fingerprint density at radius 1 is 1.12 bits per heavy atom. The SMILES string of the molecule is CC(C)(C)C(=O)N1CCC(C(=O)NCCS(=O)(=O)c2ccccc2)CC1. The highest BCUT2D eigenvalue weighted by atomic mass is 32.2. The van der Waals surface area contributed by atoms with Gasteiger partial charge < -0.3 is 10.2 Å². The predicted molar refractivity (Wildman–Crippen MR) is 100 cm³/mol. The van der Waals surface area contributed by atoms with Crippen molar-refractivity contribution >= 4 is 21.7 Å². The van der Waals surface area contributed by atoms with Gasteiger partial charge in [-0.25, -0.2) is 8.42 Å². The van der Waals surface area contributed by atoms with Crippen molar-refractivity contribution in [2.24, 2.45) is 11.3 Å². The number of rotatable bonds is 5. The van der Waals surface area contributed by atoms with E-state index >= 15 is 0 Å². The number of amides is 2. The molecule has 2 rings (SSSR count). The number of hydrogen-bond donors (Lipinski definition) is 1. The first-order valence-electron chi connectivity index (χ1n) is 8.96. The van der Waals surface area contributed by atoms with Crippen LogP contribution in [0.2, 0.25) is 0 Å². The lowest BCUT2D eigenvalue weighted by Crippen LogP contribution is -2.47. The molecule has 0 spiro atoms. The molecule has 0 atom stereocenters. The van der Waals surface area contributed by atoms with E-state index in [-0.39, 0.29) is 34.9 Å². The third kappa shape index (κ3) is 5.30. The van der Waals surface area contributed by atoms with Crippen LogP contribution in [-0.4, -0.2) is 50.5 Å². The molecule has 1 aromatic rings. The van der Waals surface area contributed by atoms with E-state index in [1.54, 1.807) is 30.3 Å². The number of sulfone groups is 1. The third-order valence-electron chi connectivity index (χ3n) is 4.57. The molecule has 0 unspecified atom stereocenters. The first-order chi connectivity index (χ1) is 12.1. The van der Waals surface area contributed by atoms with E-state index in [4.69, 9.17) is 0 Å². The van der Waals surface area contributed by atoms with Crippen LogP contribution in [0.25, 0.3) is 0 Å². The molecule has 1 aromatic carbocycles. The highest BCUT2D eigenvalue weighted by molar-refractivity contribution is 7.91. The zero-order valence-electron chi connectivity index (χ0n) is 15.7. The number of carbonyl (C=O) groups is 2. The van der Waals surface area contributed by atoms with Gasteiger partial charge in [0, 0.05) is 31.0 Å². The summed E-state index contributed by atoms with van der Waals surface area (Å²) in [7, 11) is -3.39. The summed E-state index contributed by atoms with van der Waals surface area (Å²) < 4.78 is 24.4. The van der Waals surface area contributed by atoms with Crippen LogP contribution < -0.4 is 5.32 Å². The van der Waals surface area contributed by atoms with E-state index in [1.165, 1.54) is 0 Å². The van der Waals surface area contributed by atoms with Crippen LogP contribution in [0, 0.1) is 11.3 Å². The van der Waals surface area contributed by atoms with Gasteiger partial charge in [-0.15, -0.1) is 0 Å². The van der Waals surface area contributed by atoms with Crippen LogP contribution in [0.5, 0.6) is 0 Å². The second kappa shape index (κ2) is 8.20. The van der Waals surface area contributed by atoms with Gasteiger partial charge in [-0.3, -0.25) is 9.59 Å². The maximum atomic E-state index is 12.3. The molecule has 6 nitrogen and oxygen atoms in total. The Morgan fingerprint density at radius 2 is 1.69 bits per heavy atom. The lowest BCUT2D eigenvalue weighted by atomic mass is 9.91. The average molecular weight is 381 g/mol. The summed E-state index contributed by atoms with van der Waals surface area (Å²) in [5.74, 6) is -0.315. The van der Waals surface area contributed by atoms with Crippen LogP contribution in [0.3, 0.4) is 0 Å². The summed E-state index contributed by atoms with van der Waals surface area (Å²) in [4.78, 5) is 26.6. The van der Waals surface area contributed by atoms with Gasteiger partial charge in [0.25, 0.3) is 0 Å². The van der Waals surface area contributed by atoms with Crippen LogP contribution in [0.4, 0.5) is 0 Å². The van der Waals surface area contributed by atoms with Crippen LogP contribution >= 0.6 is 0 Å². The minimum absolute atomic E-state index is 0.0944. The van der Waals surface area contributed by atoms with Crippen LogP contribution in [0.1, 0.15) is 33.6 Å². The summed E-state index contributed by atoms with van der Waals surface area (Å²) >= 11 is 0. The molecule has 1 saturated heterocycles. The van der Waals surface area contributed by atoms with Crippen molar-refractivity contribution in [3.63, 3.8) is 0 Å². The van der Waals surface area contributed by atoms with Crippen LogP contribution in [0.15, 0.2) is 35.2 Å². The van der Waals surface area contributed by atoms with Crippen molar-refractivity contribution in [1.82, 2.24) is 10.2 Å². The molecule has 26 heavy (non-hydrogen) atoms. The Balaban J connectivity index is 1.79. The van der Waals surface area contributed by atoms with Gasteiger partial charge >= 0.3 is 0 Å². The van der Waals surface area contributed by atoms with Crippen molar-refractivity contribution in [2.45, 2.75) is 38.5 Å². The van der Waals surface area contributed by atoms with Crippen molar-refractivity contribution in [3.05, 3.63) is 30.3 Å². The molecule has 1 N–H and O–H groups in total. The molecule has 1 aliphatic rings. The average Bonchev–Trinajstić information content (AvgIpc) is 2.61. The summed E-state index contributed by atoms with van der Waals surface area (Å²) in [5.41, 5.74) is -0.416. The molecule has 0 aliphatic carbocycles. The quantitative estimate of drug-likeness (QED) is 0.845. The van der Waals surface area contributed by atoms with Crippen molar-refractivity contribution in [3.8, 4) is 0 Å². The molecule has 1 fully saturated rings. The van der Waals surface area contributed by atoms with E-state index in [0.717, 1.165) is 0 Å². The standard InChI is InChI=1S/C19H28N2O4S/c1-19(2,3)18(23)21-12-9-15(10-13-21)17(22)20-11-14-26(24,25)16-7-5-4-6-8-16/h4-8,15H,9-14H2,1-3H3,(H,20,22). The largest absolute Gasteiger partial charge is 0.355 e. The van der Waals surface area contributed by atoms with Crippen molar-refractivity contribution in [2.75, 3.05) is 25.4 Å². The monoisotopic (exact) mass is 380 g/mol. The van der Waals surface area contributed by atoms with Crippen LogP contribution in [-0.2, 0) is 19.4 Å². The predicted octanol–water partition coefficient (Wildman–Crippen LogP) is 1.86. The fourth-order valence-corrected chi connectivity index (χ4v) is 4.20. The minimum atomic E-state index is -3.39. The molecule has 2 amide bonds. The molecule has 1 aliphatic heterocycles. The van der Waals surface area contributed by atoms with Crippen molar-refractivity contribution < 1.29 is 18.0 Å². The number of carbonyl (C=O) groups excluding carboxylic acids is 2. The topological polar surface area (TPSA) is 83.6 Å². The maximum Gasteiger partial charge on any atom is 0.227 e. The number of likely N-dealkylation sites (tertiary alicyclic amines) is 1. The van der Waals surface area contributed by atoms with E-state index < -0.39 is 15.3 Å². The van der Waals surface area contributed by atoms with E-state index in [0.29, 0.717) is 25.9 Å². The molecule has 0 aromatic heterocycles. The Hall–Kier alpha value is -1.89. The van der Waals surface area contributed by atoms with Gasteiger partial charge in [-0.2, -0.15) is 0 Å². The van der Waals surface area contributed by atoms with E-state index in [1.807, 2.05) is 25.7 Å². The lowest BCUT2D eigenvalue weighted by Gasteiger charge is -2.35. The highest BCUT2D eigenvalue weighted by Gasteiger charge is 2.32. The number of nitrogens with zero attached hydrogens (tertiary/aromatic N) is 1. The Kier molecular flexibility index (Phi) is 6.44. The summed E-state index contributed by atoms with van der Waals surface area (Å²) in [6.45, 7) is 6.90. The van der Waals surface area contributed by atoms with Crippen molar-refractivity contribution in [1.29, 1.82) is 0 Å². The first-order valence-corrected chi connectivity index (χ1v) is 10.6. The van der Waals surface area contributed by atoms with E-state index in [2.05, 4.69) is 5.32 Å². The second-order valence-corrected chi connectivity index (χ2v) is 9.85. The molecule has 0 saturated carbocycles. The molecule has 0 bridgehead atoms. The fraction of sp³-hybridized carbons (Fsp3) is 0.579. The summed E-state index contributed by atoms with van der Waals surface area (Å²) in [6, 6.07) is 8.23. The Morgan fingerprint density at radius 3 is 2.23 bits per heavy atom. The highest BCUT2D eigenvalue weighted by Crippen LogP contribution is 2.23. The summed E-state index contributed by atoms with van der Waals surface area (Å²) in [6.07, 6.45) is 1.22. The van der Waals surface area contributed by atoms with Gasteiger partial charge in [0.1, 0.15) is 0 Å². The lowest BCUT2D eigenvalue weighted by molar-refractivity contribution is -0.142. The molecular weight excluding hydrogens is 352 g/mol. The van der Waals surface area contributed by atoms with E-state index in [9.17, 15) is 18.0 Å². The zero-order chi connectivity index (χ0) is 19.4. The summed E-state index contributed by atoms with van der Waals surface area (Å²) in [5, 5.41) is 2.73. The first kappa shape index (κ1) is 20.4. The molecule has 1 heterocycles. The number of nitrogens with one attached hydrogen (secondary N) is 1. The molecule has 7 heteroatoms. The molecule has 0 radical (unpaired) electrons. The smallest absolute Gasteiger partial charge is 0.227 e. The van der Waals surface area contributed by atoms with Gasteiger partial charge in [-0.05, 0) is 25.0 Å². The van der Waals surface area contributed by atoms with Gasteiger partial charge in [0.2, 0.25) is 11.8 Å². The third-order valence-corrected chi connectivity index (χ3v) is 6.30. The number of piperidine rings is 1. The zero-order valence-corrected chi connectivity index (χ0v) is 16.5. The maximum absolute atomic E-state index is 12.3. The molecule has 144 valence electrons. The minimum Gasteiger partial charge on any atom is -0.355 e. The van der Waals surface area contributed by atoms with Gasteiger partial charge in [0.05, 0.1) is 10.6 Å². The Bertz CT molecular complexity index is 731. The normalized spacial score (nSPS) is 16.3. The number of hydrogen-bond acceptors (Lipinski definition) is 4.